The Balaban J connectivity index is 2.37. The largest absolute Gasteiger partial charge is 0.478 e. The molecule has 0 saturated carbocycles. The van der Waals surface area contributed by atoms with E-state index in [1.54, 1.807) is 13.0 Å². The SMILES string of the molecule is CCCCCNCc1cc(C(=O)O)c(C)o1. The van der Waals surface area contributed by atoms with Crippen molar-refractivity contribution >= 4 is 5.97 Å². The van der Waals surface area contributed by atoms with Gasteiger partial charge in [-0.1, -0.05) is 19.8 Å². The van der Waals surface area contributed by atoms with E-state index in [0.29, 0.717) is 18.1 Å². The summed E-state index contributed by atoms with van der Waals surface area (Å²) < 4.78 is 5.34. The van der Waals surface area contributed by atoms with Crippen LogP contribution in [0.4, 0.5) is 0 Å². The summed E-state index contributed by atoms with van der Waals surface area (Å²) in [6.45, 7) is 5.37. The van der Waals surface area contributed by atoms with Gasteiger partial charge in [0.2, 0.25) is 0 Å². The van der Waals surface area contributed by atoms with Gasteiger partial charge in [0.15, 0.2) is 0 Å². The molecule has 0 unspecified atom stereocenters. The van der Waals surface area contributed by atoms with E-state index in [4.69, 9.17) is 9.52 Å². The molecular weight excluding hydrogens is 206 g/mol. The fraction of sp³-hybridized carbons (Fsp3) is 0.583. The maximum atomic E-state index is 10.8. The van der Waals surface area contributed by atoms with Gasteiger partial charge < -0.3 is 14.8 Å². The number of hydrogen-bond acceptors (Lipinski definition) is 3. The van der Waals surface area contributed by atoms with E-state index in [9.17, 15) is 4.79 Å². The fourth-order valence-corrected chi connectivity index (χ4v) is 1.55. The molecule has 0 spiro atoms. The van der Waals surface area contributed by atoms with E-state index in [2.05, 4.69) is 12.2 Å². The number of rotatable bonds is 7. The Kier molecular flexibility index (Phi) is 5.05. The summed E-state index contributed by atoms with van der Waals surface area (Å²) in [4.78, 5) is 10.8. The van der Waals surface area contributed by atoms with Crippen molar-refractivity contribution in [1.29, 1.82) is 0 Å². The first kappa shape index (κ1) is 12.8. The van der Waals surface area contributed by atoms with Gasteiger partial charge in [-0.25, -0.2) is 4.79 Å². The lowest BCUT2D eigenvalue weighted by atomic mass is 10.2. The first-order chi connectivity index (χ1) is 7.65. The number of unbranched alkanes of at least 4 members (excludes halogenated alkanes) is 2. The van der Waals surface area contributed by atoms with Crippen molar-refractivity contribution in [2.75, 3.05) is 6.54 Å². The minimum Gasteiger partial charge on any atom is -0.478 e. The van der Waals surface area contributed by atoms with E-state index in [-0.39, 0.29) is 5.56 Å². The molecule has 0 bridgehead atoms. The van der Waals surface area contributed by atoms with Crippen molar-refractivity contribution in [2.24, 2.45) is 0 Å². The highest BCUT2D eigenvalue weighted by Gasteiger charge is 2.12. The van der Waals surface area contributed by atoms with Crippen LogP contribution in [0.5, 0.6) is 0 Å². The van der Waals surface area contributed by atoms with Crippen LogP contribution in [0.2, 0.25) is 0 Å². The summed E-state index contributed by atoms with van der Waals surface area (Å²) in [6.07, 6.45) is 3.55. The van der Waals surface area contributed by atoms with Gasteiger partial charge in [-0.3, -0.25) is 0 Å². The van der Waals surface area contributed by atoms with Crippen LogP contribution in [0.25, 0.3) is 0 Å². The Morgan fingerprint density at radius 1 is 1.50 bits per heavy atom. The maximum absolute atomic E-state index is 10.8. The van der Waals surface area contributed by atoms with Crippen molar-refractivity contribution in [3.05, 3.63) is 23.2 Å². The summed E-state index contributed by atoms with van der Waals surface area (Å²) >= 11 is 0. The molecule has 1 rings (SSSR count). The van der Waals surface area contributed by atoms with Gasteiger partial charge in [-0.15, -0.1) is 0 Å². The molecule has 1 heterocycles. The maximum Gasteiger partial charge on any atom is 0.339 e. The molecule has 0 fully saturated rings. The lowest BCUT2D eigenvalue weighted by Gasteiger charge is -2.00. The Bertz CT molecular complexity index is 344. The molecular formula is C12H19NO3. The van der Waals surface area contributed by atoms with Crippen molar-refractivity contribution in [1.82, 2.24) is 5.32 Å². The first-order valence-corrected chi connectivity index (χ1v) is 5.68. The molecule has 0 aliphatic carbocycles. The number of carboxylic acids is 1. The van der Waals surface area contributed by atoms with Gasteiger partial charge in [-0.2, -0.15) is 0 Å². The Labute approximate surface area is 95.7 Å². The Hall–Kier alpha value is -1.29. The second-order valence-corrected chi connectivity index (χ2v) is 3.87. The lowest BCUT2D eigenvalue weighted by molar-refractivity contribution is 0.0695. The zero-order chi connectivity index (χ0) is 12.0. The molecule has 1 aromatic rings. The number of aromatic carboxylic acids is 1. The van der Waals surface area contributed by atoms with Crippen LogP contribution in [0.3, 0.4) is 0 Å². The topological polar surface area (TPSA) is 62.5 Å². The van der Waals surface area contributed by atoms with E-state index >= 15 is 0 Å². The monoisotopic (exact) mass is 225 g/mol. The summed E-state index contributed by atoms with van der Waals surface area (Å²) in [7, 11) is 0. The predicted molar refractivity (Wildman–Crippen MR) is 61.6 cm³/mol. The number of carbonyl (C=O) groups is 1. The molecule has 4 heteroatoms. The minimum atomic E-state index is -0.932. The van der Waals surface area contributed by atoms with E-state index in [0.717, 1.165) is 13.0 Å². The Morgan fingerprint density at radius 3 is 2.81 bits per heavy atom. The van der Waals surface area contributed by atoms with Gasteiger partial charge in [0.05, 0.1) is 6.54 Å². The fourth-order valence-electron chi connectivity index (χ4n) is 1.55. The number of hydrogen-bond donors (Lipinski definition) is 2. The summed E-state index contributed by atoms with van der Waals surface area (Å²) in [5.41, 5.74) is 0.255. The molecule has 0 aliphatic rings. The normalized spacial score (nSPS) is 10.6. The number of aryl methyl sites for hydroxylation is 1. The van der Waals surface area contributed by atoms with E-state index in [1.807, 2.05) is 0 Å². The van der Waals surface area contributed by atoms with Crippen LogP contribution in [-0.2, 0) is 6.54 Å². The zero-order valence-electron chi connectivity index (χ0n) is 9.88. The number of carboxylic acid groups (broad SMARTS) is 1. The van der Waals surface area contributed by atoms with Crippen molar-refractivity contribution in [3.8, 4) is 0 Å². The minimum absolute atomic E-state index is 0.255. The molecule has 0 saturated heterocycles. The lowest BCUT2D eigenvalue weighted by Crippen LogP contribution is -2.14. The summed E-state index contributed by atoms with van der Waals surface area (Å²) in [6, 6.07) is 1.59. The molecule has 4 nitrogen and oxygen atoms in total. The quantitative estimate of drug-likeness (QED) is 0.700. The third-order valence-electron chi connectivity index (χ3n) is 2.46. The average Bonchev–Trinajstić information content (AvgIpc) is 2.59. The molecule has 1 aromatic heterocycles. The molecule has 16 heavy (non-hydrogen) atoms. The molecule has 0 aromatic carbocycles. The predicted octanol–water partition coefficient (Wildman–Crippen LogP) is 2.57. The number of furan rings is 1. The van der Waals surface area contributed by atoms with Gasteiger partial charge in [0.1, 0.15) is 17.1 Å². The second kappa shape index (κ2) is 6.33. The van der Waals surface area contributed by atoms with Gasteiger partial charge >= 0.3 is 5.97 Å². The van der Waals surface area contributed by atoms with Crippen molar-refractivity contribution in [3.63, 3.8) is 0 Å². The number of nitrogens with one attached hydrogen (secondary N) is 1. The standard InChI is InChI=1S/C12H19NO3/c1-3-4-5-6-13-8-10-7-11(12(14)15)9(2)16-10/h7,13H,3-6,8H2,1-2H3,(H,14,15). The summed E-state index contributed by atoms with van der Waals surface area (Å²) in [5, 5.41) is 12.1. The van der Waals surface area contributed by atoms with Gasteiger partial charge in [-0.05, 0) is 26.0 Å². The molecule has 0 aliphatic heterocycles. The highest BCUT2D eigenvalue weighted by atomic mass is 16.4. The van der Waals surface area contributed by atoms with Crippen LogP contribution in [0.15, 0.2) is 10.5 Å². The van der Waals surface area contributed by atoms with E-state index < -0.39 is 5.97 Å². The second-order valence-electron chi connectivity index (χ2n) is 3.87. The molecule has 2 N–H and O–H groups in total. The van der Waals surface area contributed by atoms with Crippen LogP contribution in [-0.4, -0.2) is 17.6 Å². The molecule has 0 radical (unpaired) electrons. The van der Waals surface area contributed by atoms with Crippen LogP contribution in [0.1, 0.15) is 48.1 Å². The highest BCUT2D eigenvalue weighted by molar-refractivity contribution is 5.88. The van der Waals surface area contributed by atoms with Crippen LogP contribution >= 0.6 is 0 Å². The first-order valence-electron chi connectivity index (χ1n) is 5.68. The summed E-state index contributed by atoms with van der Waals surface area (Å²) in [5.74, 6) is 0.225. The zero-order valence-corrected chi connectivity index (χ0v) is 9.88. The van der Waals surface area contributed by atoms with Crippen LogP contribution in [0, 0.1) is 6.92 Å². The molecule has 90 valence electrons. The van der Waals surface area contributed by atoms with Gasteiger partial charge in [0.25, 0.3) is 0 Å². The third kappa shape index (κ3) is 3.70. The third-order valence-corrected chi connectivity index (χ3v) is 2.46. The van der Waals surface area contributed by atoms with E-state index in [1.165, 1.54) is 12.8 Å². The van der Waals surface area contributed by atoms with Crippen molar-refractivity contribution < 1.29 is 14.3 Å². The van der Waals surface area contributed by atoms with Gasteiger partial charge in [0, 0.05) is 0 Å². The molecule has 0 amide bonds. The van der Waals surface area contributed by atoms with Crippen molar-refractivity contribution in [2.45, 2.75) is 39.7 Å². The average molecular weight is 225 g/mol. The molecule has 0 atom stereocenters. The Morgan fingerprint density at radius 2 is 2.25 bits per heavy atom. The highest BCUT2D eigenvalue weighted by Crippen LogP contribution is 2.14. The smallest absolute Gasteiger partial charge is 0.339 e. The van der Waals surface area contributed by atoms with Crippen LogP contribution < -0.4 is 5.32 Å².